The average molecular weight is 182 g/mol. The van der Waals surface area contributed by atoms with Gasteiger partial charge in [-0.05, 0) is 0 Å². The monoisotopic (exact) mass is 182 g/mol. The predicted octanol–water partition coefficient (Wildman–Crippen LogP) is 0.499. The molecule has 2 heteroatoms. The molecule has 1 aliphatic carbocycles. The first-order valence-corrected chi connectivity index (χ1v) is 2.47. The minimum absolute atomic E-state index is 0. The first-order valence-electron chi connectivity index (χ1n) is 2.47. The maximum atomic E-state index is 5.10. The standard InChI is InChI=1S/C6H6O.Sr/c1-2-4-6-5(3-1)7-6;/h1-6H;. The van der Waals surface area contributed by atoms with Crippen LogP contribution in [-0.2, 0) is 4.74 Å². The van der Waals surface area contributed by atoms with Crippen molar-refractivity contribution in [1.29, 1.82) is 0 Å². The zero-order valence-corrected chi connectivity index (χ0v) is 8.06. The quantitative estimate of drug-likeness (QED) is 0.392. The van der Waals surface area contributed by atoms with Gasteiger partial charge in [-0.25, -0.2) is 0 Å². The Morgan fingerprint density at radius 3 is 1.88 bits per heavy atom. The maximum Gasteiger partial charge on any atom is 0.107 e. The van der Waals surface area contributed by atoms with Crippen molar-refractivity contribution in [3.8, 4) is 0 Å². The molecular formula is C6H6OSr. The van der Waals surface area contributed by atoms with Gasteiger partial charge in [0, 0.05) is 45.5 Å². The Balaban J connectivity index is 0.000000320. The molecule has 8 heavy (non-hydrogen) atoms. The molecule has 1 aliphatic heterocycles. The van der Waals surface area contributed by atoms with Crippen molar-refractivity contribution in [3.05, 3.63) is 24.3 Å². The van der Waals surface area contributed by atoms with Crippen molar-refractivity contribution in [1.82, 2.24) is 0 Å². The van der Waals surface area contributed by atoms with Crippen LogP contribution in [-0.4, -0.2) is 57.7 Å². The number of allylic oxidation sites excluding steroid dienone is 2. The number of hydrogen-bond acceptors (Lipinski definition) is 1. The number of rotatable bonds is 0. The fraction of sp³-hybridized carbons (Fsp3) is 0.333. The van der Waals surface area contributed by atoms with E-state index in [2.05, 4.69) is 12.2 Å². The molecule has 0 N–H and O–H groups in total. The summed E-state index contributed by atoms with van der Waals surface area (Å²) < 4.78 is 5.10. The summed E-state index contributed by atoms with van der Waals surface area (Å²) in [7, 11) is 0. The van der Waals surface area contributed by atoms with Crippen molar-refractivity contribution in [3.63, 3.8) is 0 Å². The van der Waals surface area contributed by atoms with Crippen LogP contribution in [0.4, 0.5) is 0 Å². The minimum atomic E-state index is 0. The van der Waals surface area contributed by atoms with Crippen LogP contribution in [0.15, 0.2) is 24.3 Å². The molecule has 1 heterocycles. The predicted molar refractivity (Wildman–Crippen MR) is 32.7 cm³/mol. The van der Waals surface area contributed by atoms with E-state index in [9.17, 15) is 0 Å². The first-order chi connectivity index (χ1) is 3.47. The van der Waals surface area contributed by atoms with Gasteiger partial charge in [-0.2, -0.15) is 0 Å². The summed E-state index contributed by atoms with van der Waals surface area (Å²) >= 11 is 0. The van der Waals surface area contributed by atoms with Crippen molar-refractivity contribution in [2.45, 2.75) is 12.2 Å². The Morgan fingerprint density at radius 1 is 1.00 bits per heavy atom. The molecule has 38 valence electrons. The number of fused-ring (bicyclic) bond motifs is 1. The van der Waals surface area contributed by atoms with Gasteiger partial charge < -0.3 is 4.74 Å². The second-order valence-corrected chi connectivity index (χ2v) is 1.84. The molecule has 1 saturated heterocycles. The van der Waals surface area contributed by atoms with Gasteiger partial charge in [0.2, 0.25) is 0 Å². The van der Waals surface area contributed by atoms with Gasteiger partial charge in [-0.1, -0.05) is 24.3 Å². The summed E-state index contributed by atoms with van der Waals surface area (Å²) in [6.07, 6.45) is 9.06. The van der Waals surface area contributed by atoms with Gasteiger partial charge in [0.05, 0.1) is 0 Å². The molecule has 2 aliphatic rings. The van der Waals surface area contributed by atoms with Crippen LogP contribution in [0, 0.1) is 0 Å². The summed E-state index contributed by atoms with van der Waals surface area (Å²) in [4.78, 5) is 0. The van der Waals surface area contributed by atoms with E-state index in [1.54, 1.807) is 0 Å². The third-order valence-corrected chi connectivity index (χ3v) is 1.27. The molecule has 0 bridgehead atoms. The minimum Gasteiger partial charge on any atom is -0.361 e. The molecule has 1 fully saturated rings. The van der Waals surface area contributed by atoms with E-state index >= 15 is 0 Å². The molecule has 0 aromatic heterocycles. The Hall–Kier alpha value is 0.921. The van der Waals surface area contributed by atoms with Crippen LogP contribution in [0.5, 0.6) is 0 Å². The van der Waals surface area contributed by atoms with Crippen LogP contribution in [0.25, 0.3) is 0 Å². The molecule has 0 saturated carbocycles. The average Bonchev–Trinajstić information content (AvgIpc) is 2.41. The molecule has 0 aromatic carbocycles. The molecule has 2 unspecified atom stereocenters. The fourth-order valence-corrected chi connectivity index (χ4v) is 0.793. The summed E-state index contributed by atoms with van der Waals surface area (Å²) in [5, 5.41) is 0. The van der Waals surface area contributed by atoms with Crippen molar-refractivity contribution >= 4 is 45.5 Å². The maximum absolute atomic E-state index is 5.10. The largest absolute Gasteiger partial charge is 0.361 e. The smallest absolute Gasteiger partial charge is 0.107 e. The van der Waals surface area contributed by atoms with Crippen molar-refractivity contribution < 1.29 is 4.74 Å². The van der Waals surface area contributed by atoms with E-state index in [1.807, 2.05) is 12.2 Å². The van der Waals surface area contributed by atoms with Gasteiger partial charge in [0.1, 0.15) is 12.2 Å². The van der Waals surface area contributed by atoms with Crippen LogP contribution in [0.3, 0.4) is 0 Å². The third-order valence-electron chi connectivity index (χ3n) is 1.27. The Kier molecular flexibility index (Phi) is 2.35. The van der Waals surface area contributed by atoms with Crippen LogP contribution in [0.2, 0.25) is 0 Å². The van der Waals surface area contributed by atoms with Crippen LogP contribution >= 0.6 is 0 Å². The van der Waals surface area contributed by atoms with E-state index in [0.29, 0.717) is 12.2 Å². The second kappa shape index (κ2) is 2.67. The van der Waals surface area contributed by atoms with Gasteiger partial charge in [-0.15, -0.1) is 0 Å². The molecule has 2 atom stereocenters. The van der Waals surface area contributed by atoms with Crippen molar-refractivity contribution in [2.75, 3.05) is 0 Å². The second-order valence-electron chi connectivity index (χ2n) is 1.84. The first kappa shape index (κ1) is 7.03. The summed E-state index contributed by atoms with van der Waals surface area (Å²) in [5.41, 5.74) is 0. The summed E-state index contributed by atoms with van der Waals surface area (Å²) in [5.74, 6) is 0. The topological polar surface area (TPSA) is 12.5 Å². The van der Waals surface area contributed by atoms with E-state index < -0.39 is 0 Å². The molecule has 0 amide bonds. The van der Waals surface area contributed by atoms with E-state index in [1.165, 1.54) is 0 Å². The van der Waals surface area contributed by atoms with Crippen LogP contribution < -0.4 is 0 Å². The normalized spacial score (nSPS) is 38.0. The Morgan fingerprint density at radius 2 is 1.50 bits per heavy atom. The number of hydrogen-bond donors (Lipinski definition) is 0. The van der Waals surface area contributed by atoms with E-state index in [-0.39, 0.29) is 45.5 Å². The van der Waals surface area contributed by atoms with E-state index in [4.69, 9.17) is 4.74 Å². The van der Waals surface area contributed by atoms with E-state index in [0.717, 1.165) is 0 Å². The molecule has 0 spiro atoms. The molecule has 1 nitrogen and oxygen atoms in total. The number of epoxide rings is 1. The zero-order valence-electron chi connectivity index (χ0n) is 4.58. The summed E-state index contributed by atoms with van der Waals surface area (Å²) in [6, 6.07) is 0. The van der Waals surface area contributed by atoms with Crippen molar-refractivity contribution in [2.24, 2.45) is 0 Å². The zero-order chi connectivity index (χ0) is 4.69. The SMILES string of the molecule is C1=CC2OC2C=C1.[Sr]. The van der Waals surface area contributed by atoms with Gasteiger partial charge >= 0.3 is 0 Å². The third kappa shape index (κ3) is 1.25. The molecular weight excluding hydrogens is 176 g/mol. The van der Waals surface area contributed by atoms with Crippen LogP contribution in [0.1, 0.15) is 0 Å². The summed E-state index contributed by atoms with van der Waals surface area (Å²) in [6.45, 7) is 0. The fourth-order valence-electron chi connectivity index (χ4n) is 0.793. The molecule has 2 rings (SSSR count). The van der Waals surface area contributed by atoms with Gasteiger partial charge in [0.15, 0.2) is 0 Å². The number of ether oxygens (including phenoxy) is 1. The van der Waals surface area contributed by atoms with Gasteiger partial charge in [-0.3, -0.25) is 0 Å². The molecule has 2 radical (unpaired) electrons. The Bertz CT molecular complexity index is 123. The Labute approximate surface area is 85.7 Å². The molecule has 0 aromatic rings. The van der Waals surface area contributed by atoms with Gasteiger partial charge in [0.25, 0.3) is 0 Å².